The van der Waals surface area contributed by atoms with Gasteiger partial charge in [0.1, 0.15) is 0 Å². The van der Waals surface area contributed by atoms with Crippen molar-refractivity contribution < 1.29 is 14.3 Å². The van der Waals surface area contributed by atoms with Crippen LogP contribution in [0.15, 0.2) is 23.2 Å². The normalized spacial score (nSPS) is 15.1. The molecular weight excluding hydrogens is 360 g/mol. The van der Waals surface area contributed by atoms with E-state index in [0.717, 1.165) is 11.3 Å². The quantitative estimate of drug-likeness (QED) is 0.766. The number of para-hydroxylation sites is 1. The van der Waals surface area contributed by atoms with Crippen molar-refractivity contribution in [3.05, 3.63) is 39.1 Å². The highest BCUT2D eigenvalue weighted by Gasteiger charge is 2.27. The lowest BCUT2D eigenvalue weighted by Crippen LogP contribution is -2.20. The number of benzene rings is 1. The van der Waals surface area contributed by atoms with Gasteiger partial charge in [0.15, 0.2) is 16.3 Å². The summed E-state index contributed by atoms with van der Waals surface area (Å²) in [4.78, 5) is 19.5. The molecule has 1 aliphatic carbocycles. The largest absolute Gasteiger partial charge is 0.493 e. The predicted octanol–water partition coefficient (Wildman–Crippen LogP) is 4.32. The molecule has 0 spiro atoms. The second-order valence-electron chi connectivity index (χ2n) is 8.06. The van der Waals surface area contributed by atoms with Crippen LogP contribution in [0.1, 0.15) is 54.5 Å². The second kappa shape index (κ2) is 7.50. The van der Waals surface area contributed by atoms with E-state index in [1.807, 2.05) is 0 Å². The molecule has 1 aromatic carbocycles. The Kier molecular flexibility index (Phi) is 5.47. The van der Waals surface area contributed by atoms with E-state index < -0.39 is 0 Å². The lowest BCUT2D eigenvalue weighted by molar-refractivity contribution is 0.0994. The zero-order chi connectivity index (χ0) is 19.8. The number of amides is 1. The zero-order valence-electron chi connectivity index (χ0n) is 17.0. The van der Waals surface area contributed by atoms with Crippen LogP contribution < -0.4 is 14.3 Å². The van der Waals surface area contributed by atoms with Crippen LogP contribution in [0.5, 0.6) is 11.5 Å². The summed E-state index contributed by atoms with van der Waals surface area (Å²) in [6.45, 7) is 9.66. The Morgan fingerprint density at radius 1 is 1.26 bits per heavy atom. The number of nitrogens with zero attached hydrogens (tertiary/aromatic N) is 2. The first-order valence-electron chi connectivity index (χ1n) is 9.27. The summed E-state index contributed by atoms with van der Waals surface area (Å²) >= 11 is 1.61. The first kappa shape index (κ1) is 19.7. The Bertz CT molecular complexity index is 914. The molecule has 1 amide bonds. The predicted molar refractivity (Wildman–Crippen MR) is 108 cm³/mol. The molecule has 0 unspecified atom stereocenters. The van der Waals surface area contributed by atoms with E-state index in [1.54, 1.807) is 36.6 Å². The fraction of sp³-hybridized carbons (Fsp3) is 0.524. The van der Waals surface area contributed by atoms with Crippen molar-refractivity contribution in [3.8, 4) is 11.5 Å². The van der Waals surface area contributed by atoms with Crippen molar-refractivity contribution in [3.63, 3.8) is 0 Å². The van der Waals surface area contributed by atoms with Gasteiger partial charge in [-0.25, -0.2) is 0 Å². The van der Waals surface area contributed by atoms with Gasteiger partial charge in [0.2, 0.25) is 0 Å². The van der Waals surface area contributed by atoms with Crippen LogP contribution in [-0.2, 0) is 12.0 Å². The molecule has 5 nitrogen and oxygen atoms in total. The van der Waals surface area contributed by atoms with E-state index >= 15 is 0 Å². The average molecular weight is 389 g/mol. The van der Waals surface area contributed by atoms with Gasteiger partial charge < -0.3 is 14.0 Å². The topological polar surface area (TPSA) is 52.8 Å². The van der Waals surface area contributed by atoms with E-state index in [0.29, 0.717) is 23.0 Å². The molecule has 1 fully saturated rings. The maximum Gasteiger partial charge on any atom is 0.283 e. The van der Waals surface area contributed by atoms with Gasteiger partial charge in [-0.15, -0.1) is 11.3 Å². The van der Waals surface area contributed by atoms with Gasteiger partial charge in [0.25, 0.3) is 5.91 Å². The summed E-state index contributed by atoms with van der Waals surface area (Å²) in [6.07, 6.45) is 2.51. The first-order valence-corrected chi connectivity index (χ1v) is 10.1. The number of rotatable bonds is 5. The van der Waals surface area contributed by atoms with E-state index in [2.05, 4.69) is 37.3 Å². The van der Waals surface area contributed by atoms with Crippen LogP contribution in [-0.4, -0.2) is 24.7 Å². The van der Waals surface area contributed by atoms with Gasteiger partial charge in [0, 0.05) is 17.1 Å². The zero-order valence-corrected chi connectivity index (χ0v) is 17.8. The SMILES string of the molecule is COc1cccc(C(=O)/N=c2\sc(C(C)(C)C)c(C)n2CC2CC2)c1OC. The Morgan fingerprint density at radius 3 is 2.52 bits per heavy atom. The van der Waals surface area contributed by atoms with Gasteiger partial charge >= 0.3 is 0 Å². The second-order valence-corrected chi connectivity index (χ2v) is 9.04. The first-order chi connectivity index (χ1) is 12.8. The number of hydrogen-bond acceptors (Lipinski definition) is 4. The number of hydrogen-bond donors (Lipinski definition) is 0. The highest BCUT2D eigenvalue weighted by Crippen LogP contribution is 2.34. The molecule has 146 valence electrons. The molecule has 0 N–H and O–H groups in total. The van der Waals surface area contributed by atoms with Crippen LogP contribution in [0.4, 0.5) is 0 Å². The molecule has 3 rings (SSSR count). The van der Waals surface area contributed by atoms with Crippen LogP contribution in [0.2, 0.25) is 0 Å². The average Bonchev–Trinajstić information content (AvgIpc) is 3.39. The standard InChI is InChI=1S/C21H28N2O3S/c1-13-18(21(2,3)4)27-20(23(13)12-14-10-11-14)22-19(24)15-8-7-9-16(25-5)17(15)26-6/h7-9,14H,10-12H2,1-6H3/b22-20-. The molecule has 0 bridgehead atoms. The molecule has 0 radical (unpaired) electrons. The maximum atomic E-state index is 13.0. The molecule has 27 heavy (non-hydrogen) atoms. The summed E-state index contributed by atoms with van der Waals surface area (Å²) in [5.41, 5.74) is 1.64. The van der Waals surface area contributed by atoms with Gasteiger partial charge in [0.05, 0.1) is 19.8 Å². The fourth-order valence-electron chi connectivity index (χ4n) is 3.24. The summed E-state index contributed by atoms with van der Waals surface area (Å²) in [7, 11) is 3.10. The molecule has 0 saturated heterocycles. The number of methoxy groups -OCH3 is 2. The van der Waals surface area contributed by atoms with Crippen LogP contribution in [0.25, 0.3) is 0 Å². The number of ether oxygens (including phenoxy) is 2. The summed E-state index contributed by atoms with van der Waals surface area (Å²) < 4.78 is 12.9. The van der Waals surface area contributed by atoms with Crippen molar-refractivity contribution in [2.75, 3.05) is 14.2 Å². The van der Waals surface area contributed by atoms with E-state index in [4.69, 9.17) is 9.47 Å². The highest BCUT2D eigenvalue weighted by atomic mass is 32.1. The van der Waals surface area contributed by atoms with Crippen molar-refractivity contribution in [1.29, 1.82) is 0 Å². The Hall–Kier alpha value is -2.08. The lowest BCUT2D eigenvalue weighted by atomic mass is 9.93. The molecular formula is C21H28N2O3S. The Labute approximate surface area is 164 Å². The minimum Gasteiger partial charge on any atom is -0.493 e. The molecule has 6 heteroatoms. The smallest absolute Gasteiger partial charge is 0.283 e. The van der Waals surface area contributed by atoms with E-state index in [9.17, 15) is 4.79 Å². The number of carbonyl (C=O) groups excluding carboxylic acids is 1. The highest BCUT2D eigenvalue weighted by molar-refractivity contribution is 7.09. The fourth-order valence-corrected chi connectivity index (χ4v) is 4.44. The van der Waals surface area contributed by atoms with Crippen molar-refractivity contribution in [1.82, 2.24) is 4.57 Å². The summed E-state index contributed by atoms with van der Waals surface area (Å²) in [6, 6.07) is 5.28. The third kappa shape index (κ3) is 4.10. The van der Waals surface area contributed by atoms with Crippen molar-refractivity contribution in [2.24, 2.45) is 10.9 Å². The van der Waals surface area contributed by atoms with Gasteiger partial charge in [-0.2, -0.15) is 4.99 Å². The molecule has 2 aromatic rings. The molecule has 0 atom stereocenters. The third-order valence-electron chi connectivity index (χ3n) is 4.81. The monoisotopic (exact) mass is 388 g/mol. The molecule has 1 aliphatic rings. The van der Waals surface area contributed by atoms with E-state index in [1.165, 1.54) is 30.5 Å². The van der Waals surface area contributed by atoms with E-state index in [-0.39, 0.29) is 11.3 Å². The van der Waals surface area contributed by atoms with Gasteiger partial charge in [-0.1, -0.05) is 26.8 Å². The molecule has 1 heterocycles. The minimum absolute atomic E-state index is 0.0184. The van der Waals surface area contributed by atoms with Crippen LogP contribution in [0, 0.1) is 12.8 Å². The number of aromatic nitrogens is 1. The molecule has 1 saturated carbocycles. The van der Waals surface area contributed by atoms with Crippen LogP contribution in [0.3, 0.4) is 0 Å². The third-order valence-corrected chi connectivity index (χ3v) is 6.41. The molecule has 1 aromatic heterocycles. The number of thiazole rings is 1. The maximum absolute atomic E-state index is 13.0. The minimum atomic E-state index is -0.308. The van der Waals surface area contributed by atoms with Gasteiger partial charge in [-0.05, 0) is 43.2 Å². The summed E-state index contributed by atoms with van der Waals surface area (Å²) in [5.74, 6) is 1.34. The van der Waals surface area contributed by atoms with Gasteiger partial charge in [-0.3, -0.25) is 4.79 Å². The van der Waals surface area contributed by atoms with Crippen molar-refractivity contribution in [2.45, 2.75) is 52.5 Å². The lowest BCUT2D eigenvalue weighted by Gasteiger charge is -2.17. The van der Waals surface area contributed by atoms with Crippen molar-refractivity contribution >= 4 is 17.2 Å². The van der Waals surface area contributed by atoms with Crippen LogP contribution >= 0.6 is 11.3 Å². The Balaban J connectivity index is 2.10. The Morgan fingerprint density at radius 2 is 1.96 bits per heavy atom. The number of carbonyl (C=O) groups is 1. The molecule has 0 aliphatic heterocycles. The summed E-state index contributed by atoms with van der Waals surface area (Å²) in [5, 5.41) is 0.